The van der Waals surface area contributed by atoms with Gasteiger partial charge in [0.15, 0.2) is 5.58 Å². The molecule has 0 saturated carbocycles. The molecule has 0 bridgehead atoms. The molecule has 1 aromatic carbocycles. The molecule has 0 saturated heterocycles. The molecule has 3 N–H and O–H groups in total. The van der Waals surface area contributed by atoms with Crippen LogP contribution in [-0.2, 0) is 9.59 Å². The summed E-state index contributed by atoms with van der Waals surface area (Å²) in [5.41, 5.74) is 1.48. The molecule has 0 spiro atoms. The molecule has 0 atom stereocenters. The highest BCUT2D eigenvalue weighted by atomic mass is 16.4. The molecule has 2 amide bonds. The molecule has 0 unspecified atom stereocenters. The van der Waals surface area contributed by atoms with Crippen LogP contribution in [0.15, 0.2) is 27.4 Å². The first-order valence-corrected chi connectivity index (χ1v) is 5.72. The van der Waals surface area contributed by atoms with Gasteiger partial charge in [0.25, 0.3) is 0 Å². The maximum absolute atomic E-state index is 11.6. The summed E-state index contributed by atoms with van der Waals surface area (Å²) in [6, 6.07) is 4.86. The van der Waals surface area contributed by atoms with Crippen LogP contribution in [0, 0.1) is 0 Å². The predicted octanol–water partition coefficient (Wildman–Crippen LogP) is 0.586. The Hall–Kier alpha value is -2.57. The maximum atomic E-state index is 11.6. The van der Waals surface area contributed by atoms with Gasteiger partial charge >= 0.3 is 5.76 Å². The third-order valence-electron chi connectivity index (χ3n) is 2.43. The lowest BCUT2D eigenvalue weighted by Gasteiger charge is -2.05. The number of carbonyl (C=O) groups excluding carboxylic acids is 2. The molecule has 0 radical (unpaired) electrons. The summed E-state index contributed by atoms with van der Waals surface area (Å²) in [6.45, 7) is 1.67. The van der Waals surface area contributed by atoms with E-state index in [1.165, 1.54) is 6.92 Å². The zero-order valence-electron chi connectivity index (χ0n) is 10.3. The monoisotopic (exact) mass is 263 g/mol. The number of fused-ring (bicyclic) bond motifs is 1. The smallest absolute Gasteiger partial charge is 0.408 e. The van der Waals surface area contributed by atoms with E-state index in [1.807, 2.05) is 0 Å². The minimum absolute atomic E-state index is 0.175. The van der Waals surface area contributed by atoms with E-state index in [4.69, 9.17) is 4.42 Å². The average molecular weight is 263 g/mol. The lowest BCUT2D eigenvalue weighted by Crippen LogP contribution is -2.25. The summed E-state index contributed by atoms with van der Waals surface area (Å²) in [4.78, 5) is 35.7. The predicted molar refractivity (Wildman–Crippen MR) is 68.8 cm³/mol. The van der Waals surface area contributed by atoms with Gasteiger partial charge in [-0.1, -0.05) is 0 Å². The maximum Gasteiger partial charge on any atom is 0.417 e. The number of nitrogens with one attached hydrogen (secondary N) is 3. The van der Waals surface area contributed by atoms with Crippen molar-refractivity contribution < 1.29 is 14.0 Å². The van der Waals surface area contributed by atoms with Crippen molar-refractivity contribution in [3.8, 4) is 0 Å². The Balaban J connectivity index is 1.98. The van der Waals surface area contributed by atoms with Crippen molar-refractivity contribution in [3.05, 3.63) is 28.7 Å². The summed E-state index contributed by atoms with van der Waals surface area (Å²) < 4.78 is 4.88. The van der Waals surface area contributed by atoms with Crippen molar-refractivity contribution in [2.45, 2.75) is 13.3 Å². The van der Waals surface area contributed by atoms with E-state index in [0.717, 1.165) is 0 Å². The lowest BCUT2D eigenvalue weighted by atomic mass is 10.2. The summed E-state index contributed by atoms with van der Waals surface area (Å²) in [7, 11) is 0. The summed E-state index contributed by atoms with van der Waals surface area (Å²) in [5.74, 6) is -0.946. The van der Waals surface area contributed by atoms with Crippen LogP contribution in [0.4, 0.5) is 5.69 Å². The quantitative estimate of drug-likeness (QED) is 0.750. The zero-order valence-corrected chi connectivity index (χ0v) is 10.3. The fraction of sp³-hybridized carbons (Fsp3) is 0.250. The van der Waals surface area contributed by atoms with Crippen molar-refractivity contribution in [2.24, 2.45) is 0 Å². The van der Waals surface area contributed by atoms with Crippen LogP contribution in [0.2, 0.25) is 0 Å². The standard InChI is InChI=1S/C12H13N3O4/c1-7(16)13-5-4-11(17)14-8-2-3-9-10(6-8)19-12(18)15-9/h2-3,6H,4-5H2,1H3,(H,13,16)(H,14,17)(H,15,18). The van der Waals surface area contributed by atoms with Gasteiger partial charge in [-0.25, -0.2) is 4.79 Å². The molecule has 0 fully saturated rings. The molecule has 7 nitrogen and oxygen atoms in total. The van der Waals surface area contributed by atoms with Crippen molar-refractivity contribution in [3.63, 3.8) is 0 Å². The molecular formula is C12H13N3O4. The topological polar surface area (TPSA) is 104 Å². The van der Waals surface area contributed by atoms with E-state index in [-0.39, 0.29) is 24.8 Å². The van der Waals surface area contributed by atoms with E-state index in [0.29, 0.717) is 16.8 Å². The van der Waals surface area contributed by atoms with Gasteiger partial charge < -0.3 is 15.1 Å². The average Bonchev–Trinajstić information content (AvgIpc) is 2.67. The van der Waals surface area contributed by atoms with Gasteiger partial charge in [0.2, 0.25) is 11.8 Å². The van der Waals surface area contributed by atoms with Crippen LogP contribution < -0.4 is 16.4 Å². The van der Waals surface area contributed by atoms with Crippen molar-refractivity contribution in [2.75, 3.05) is 11.9 Å². The highest BCUT2D eigenvalue weighted by Crippen LogP contribution is 2.16. The molecule has 0 aliphatic rings. The summed E-state index contributed by atoms with van der Waals surface area (Å²) in [5, 5.41) is 5.18. The van der Waals surface area contributed by atoms with Crippen LogP contribution in [0.1, 0.15) is 13.3 Å². The Morgan fingerprint density at radius 2 is 2.16 bits per heavy atom. The molecule has 1 aromatic heterocycles. The van der Waals surface area contributed by atoms with E-state index >= 15 is 0 Å². The lowest BCUT2D eigenvalue weighted by molar-refractivity contribution is -0.119. The van der Waals surface area contributed by atoms with Gasteiger partial charge in [0.05, 0.1) is 5.52 Å². The summed E-state index contributed by atoms with van der Waals surface area (Å²) in [6.07, 6.45) is 0.175. The van der Waals surface area contributed by atoms with Crippen molar-refractivity contribution >= 4 is 28.6 Å². The van der Waals surface area contributed by atoms with Gasteiger partial charge in [-0.3, -0.25) is 14.6 Å². The first-order valence-electron chi connectivity index (χ1n) is 5.72. The van der Waals surface area contributed by atoms with Crippen molar-refractivity contribution in [1.82, 2.24) is 10.3 Å². The minimum atomic E-state index is -0.538. The fourth-order valence-corrected chi connectivity index (χ4v) is 1.60. The summed E-state index contributed by atoms with van der Waals surface area (Å²) >= 11 is 0. The highest BCUT2D eigenvalue weighted by molar-refractivity contribution is 5.93. The zero-order chi connectivity index (χ0) is 13.8. The molecule has 19 heavy (non-hydrogen) atoms. The third kappa shape index (κ3) is 3.44. The van der Waals surface area contributed by atoms with Crippen LogP contribution in [-0.4, -0.2) is 23.3 Å². The number of amides is 2. The van der Waals surface area contributed by atoms with Gasteiger partial charge in [-0.15, -0.1) is 0 Å². The normalized spacial score (nSPS) is 10.4. The fourth-order valence-electron chi connectivity index (χ4n) is 1.60. The molecule has 0 aliphatic heterocycles. The van der Waals surface area contributed by atoms with E-state index in [1.54, 1.807) is 18.2 Å². The Labute approximate surface area is 108 Å². The van der Waals surface area contributed by atoms with Gasteiger partial charge in [-0.05, 0) is 12.1 Å². The van der Waals surface area contributed by atoms with Gasteiger partial charge in [-0.2, -0.15) is 0 Å². The second-order valence-corrected chi connectivity index (χ2v) is 4.01. The Morgan fingerprint density at radius 1 is 1.37 bits per heavy atom. The minimum Gasteiger partial charge on any atom is -0.408 e. The second kappa shape index (κ2) is 5.38. The highest BCUT2D eigenvalue weighted by Gasteiger charge is 2.05. The van der Waals surface area contributed by atoms with E-state index in [9.17, 15) is 14.4 Å². The molecule has 0 aliphatic carbocycles. The third-order valence-corrected chi connectivity index (χ3v) is 2.43. The SMILES string of the molecule is CC(=O)NCCC(=O)Nc1ccc2[nH]c(=O)oc2c1. The number of H-pyrrole nitrogens is 1. The number of rotatable bonds is 4. The number of aromatic nitrogens is 1. The number of hydrogen-bond acceptors (Lipinski definition) is 4. The Bertz CT molecular complexity index is 671. The number of oxazole rings is 1. The number of hydrogen-bond donors (Lipinski definition) is 3. The van der Waals surface area contributed by atoms with Crippen LogP contribution in [0.5, 0.6) is 0 Å². The molecule has 7 heteroatoms. The van der Waals surface area contributed by atoms with Gasteiger partial charge in [0, 0.05) is 31.6 Å². The first-order chi connectivity index (χ1) is 9.04. The first kappa shape index (κ1) is 12.9. The van der Waals surface area contributed by atoms with Crippen LogP contribution >= 0.6 is 0 Å². The molecule has 100 valence electrons. The molecule has 2 aromatic rings. The van der Waals surface area contributed by atoms with Crippen molar-refractivity contribution in [1.29, 1.82) is 0 Å². The molecular weight excluding hydrogens is 250 g/mol. The number of aromatic amines is 1. The number of anilines is 1. The second-order valence-electron chi connectivity index (χ2n) is 4.01. The molecule has 1 heterocycles. The largest absolute Gasteiger partial charge is 0.417 e. The van der Waals surface area contributed by atoms with E-state index in [2.05, 4.69) is 15.6 Å². The van der Waals surface area contributed by atoms with Crippen LogP contribution in [0.3, 0.4) is 0 Å². The molecule has 2 rings (SSSR count). The Morgan fingerprint density at radius 3 is 2.89 bits per heavy atom. The van der Waals surface area contributed by atoms with E-state index < -0.39 is 5.76 Å². The Kier molecular flexibility index (Phi) is 3.65. The van der Waals surface area contributed by atoms with Crippen LogP contribution in [0.25, 0.3) is 11.1 Å². The van der Waals surface area contributed by atoms with Gasteiger partial charge in [0.1, 0.15) is 0 Å². The number of carbonyl (C=O) groups is 2. The number of benzene rings is 1.